The molecule has 0 spiro atoms. The largest absolute Gasteiger partial charge is 0.478 e. The molecule has 1 fully saturated rings. The predicted octanol–water partition coefficient (Wildman–Crippen LogP) is 3.92. The standard InChI is InChI=1S/C16H27N3O/c1-5-20-14-11-13(17-12-9-7-6-8-10-12)18-15(19-14)16(2,3)4/h11-12H,5-10H2,1-4H3,(H,17,18,19). The van der Waals surface area contributed by atoms with Gasteiger partial charge >= 0.3 is 0 Å². The van der Waals surface area contributed by atoms with Crippen LogP contribution in [0.2, 0.25) is 0 Å². The van der Waals surface area contributed by atoms with Gasteiger partial charge in [0.05, 0.1) is 6.61 Å². The monoisotopic (exact) mass is 277 g/mol. The van der Waals surface area contributed by atoms with Crippen molar-refractivity contribution in [1.29, 1.82) is 0 Å². The van der Waals surface area contributed by atoms with Gasteiger partial charge in [-0.1, -0.05) is 40.0 Å². The van der Waals surface area contributed by atoms with Crippen molar-refractivity contribution in [3.8, 4) is 5.88 Å². The molecule has 0 aliphatic heterocycles. The van der Waals surface area contributed by atoms with Gasteiger partial charge in [-0.05, 0) is 19.8 Å². The number of nitrogens with zero attached hydrogens (tertiary/aromatic N) is 2. The van der Waals surface area contributed by atoms with Crippen LogP contribution in [-0.4, -0.2) is 22.6 Å². The van der Waals surface area contributed by atoms with Gasteiger partial charge in [0.15, 0.2) is 0 Å². The Balaban J connectivity index is 2.19. The highest BCUT2D eigenvalue weighted by Crippen LogP contribution is 2.26. The fourth-order valence-electron chi connectivity index (χ4n) is 2.51. The first-order chi connectivity index (χ1) is 9.49. The zero-order valence-electron chi connectivity index (χ0n) is 13.2. The maximum absolute atomic E-state index is 5.58. The molecule has 1 N–H and O–H groups in total. The van der Waals surface area contributed by atoms with Crippen LogP contribution in [0.4, 0.5) is 5.82 Å². The topological polar surface area (TPSA) is 47.0 Å². The van der Waals surface area contributed by atoms with E-state index in [1.807, 2.05) is 13.0 Å². The Morgan fingerprint density at radius 1 is 1.20 bits per heavy atom. The Morgan fingerprint density at radius 3 is 2.50 bits per heavy atom. The first kappa shape index (κ1) is 15.1. The third-order valence-corrected chi connectivity index (χ3v) is 3.62. The number of aromatic nitrogens is 2. The van der Waals surface area contributed by atoms with Crippen LogP contribution in [0.5, 0.6) is 5.88 Å². The number of hydrogen-bond donors (Lipinski definition) is 1. The average molecular weight is 277 g/mol. The van der Waals surface area contributed by atoms with Crippen LogP contribution in [0.15, 0.2) is 6.07 Å². The van der Waals surface area contributed by atoms with E-state index in [2.05, 4.69) is 36.1 Å². The number of hydrogen-bond acceptors (Lipinski definition) is 4. The predicted molar refractivity (Wildman–Crippen MR) is 82.4 cm³/mol. The number of nitrogens with one attached hydrogen (secondary N) is 1. The zero-order valence-corrected chi connectivity index (χ0v) is 13.2. The van der Waals surface area contributed by atoms with Crippen LogP contribution in [0, 0.1) is 0 Å². The summed E-state index contributed by atoms with van der Waals surface area (Å²) in [6, 6.07) is 2.47. The maximum Gasteiger partial charge on any atom is 0.218 e. The highest BCUT2D eigenvalue weighted by molar-refractivity contribution is 5.40. The van der Waals surface area contributed by atoms with E-state index in [1.54, 1.807) is 0 Å². The molecule has 0 amide bonds. The smallest absolute Gasteiger partial charge is 0.218 e. The normalized spacial score (nSPS) is 17.0. The Kier molecular flexibility index (Phi) is 4.84. The summed E-state index contributed by atoms with van der Waals surface area (Å²) in [7, 11) is 0. The fraction of sp³-hybridized carbons (Fsp3) is 0.750. The summed E-state index contributed by atoms with van der Waals surface area (Å²) in [5.41, 5.74) is -0.0733. The van der Waals surface area contributed by atoms with E-state index >= 15 is 0 Å². The van der Waals surface area contributed by atoms with Crippen molar-refractivity contribution in [2.75, 3.05) is 11.9 Å². The molecule has 2 rings (SSSR count). The minimum atomic E-state index is -0.0733. The quantitative estimate of drug-likeness (QED) is 0.906. The lowest BCUT2D eigenvalue weighted by atomic mass is 9.95. The van der Waals surface area contributed by atoms with E-state index in [9.17, 15) is 0 Å². The summed E-state index contributed by atoms with van der Waals surface area (Å²) in [6.07, 6.45) is 6.46. The lowest BCUT2D eigenvalue weighted by Gasteiger charge is -2.25. The molecule has 112 valence electrons. The molecule has 1 saturated carbocycles. The van der Waals surface area contributed by atoms with Gasteiger partial charge in [-0.25, -0.2) is 4.98 Å². The lowest BCUT2D eigenvalue weighted by molar-refractivity contribution is 0.322. The Labute approximate surface area is 122 Å². The molecule has 0 unspecified atom stereocenters. The molecular formula is C16H27N3O. The number of rotatable bonds is 4. The lowest BCUT2D eigenvalue weighted by Crippen LogP contribution is -2.24. The highest BCUT2D eigenvalue weighted by Gasteiger charge is 2.21. The second kappa shape index (κ2) is 6.42. The van der Waals surface area contributed by atoms with Gasteiger partial charge in [-0.2, -0.15) is 4.98 Å². The van der Waals surface area contributed by atoms with Gasteiger partial charge < -0.3 is 10.1 Å². The third-order valence-electron chi connectivity index (χ3n) is 3.62. The first-order valence-corrected chi connectivity index (χ1v) is 7.78. The second-order valence-corrected chi connectivity index (χ2v) is 6.58. The molecule has 0 radical (unpaired) electrons. The van der Waals surface area contributed by atoms with Gasteiger partial charge in [0, 0.05) is 17.5 Å². The molecule has 4 nitrogen and oxygen atoms in total. The highest BCUT2D eigenvalue weighted by atomic mass is 16.5. The molecule has 4 heteroatoms. The molecule has 1 aromatic heterocycles. The Bertz CT molecular complexity index is 434. The molecule has 1 heterocycles. The van der Waals surface area contributed by atoms with Crippen molar-refractivity contribution in [3.63, 3.8) is 0 Å². The van der Waals surface area contributed by atoms with E-state index in [0.29, 0.717) is 18.5 Å². The van der Waals surface area contributed by atoms with E-state index in [-0.39, 0.29) is 5.41 Å². The second-order valence-electron chi connectivity index (χ2n) is 6.58. The van der Waals surface area contributed by atoms with Crippen LogP contribution in [0.1, 0.15) is 65.6 Å². The number of anilines is 1. The van der Waals surface area contributed by atoms with Crippen LogP contribution in [0.25, 0.3) is 0 Å². The Hall–Kier alpha value is -1.32. The summed E-state index contributed by atoms with van der Waals surface area (Å²) in [5, 5.41) is 3.56. The van der Waals surface area contributed by atoms with E-state index < -0.39 is 0 Å². The molecule has 0 bridgehead atoms. The van der Waals surface area contributed by atoms with Crippen LogP contribution in [-0.2, 0) is 5.41 Å². The molecule has 1 aliphatic rings. The van der Waals surface area contributed by atoms with Crippen molar-refractivity contribution in [1.82, 2.24) is 9.97 Å². The molecule has 0 atom stereocenters. The first-order valence-electron chi connectivity index (χ1n) is 7.78. The summed E-state index contributed by atoms with van der Waals surface area (Å²) in [4.78, 5) is 9.19. The molecule has 0 aromatic carbocycles. The summed E-state index contributed by atoms with van der Waals surface area (Å²) >= 11 is 0. The SMILES string of the molecule is CCOc1cc(NC2CCCCC2)nc(C(C)(C)C)n1. The van der Waals surface area contributed by atoms with Gasteiger partial charge in [0.1, 0.15) is 11.6 Å². The van der Waals surface area contributed by atoms with Gasteiger partial charge in [0.25, 0.3) is 0 Å². The summed E-state index contributed by atoms with van der Waals surface area (Å²) in [6.45, 7) is 8.99. The van der Waals surface area contributed by atoms with Crippen LogP contribution < -0.4 is 10.1 Å². The molecule has 1 aromatic rings. The average Bonchev–Trinajstić information content (AvgIpc) is 2.39. The van der Waals surface area contributed by atoms with Crippen molar-refractivity contribution >= 4 is 5.82 Å². The van der Waals surface area contributed by atoms with Gasteiger partial charge in [0.2, 0.25) is 5.88 Å². The molecule has 0 saturated heterocycles. The fourth-order valence-corrected chi connectivity index (χ4v) is 2.51. The minimum Gasteiger partial charge on any atom is -0.478 e. The summed E-state index contributed by atoms with van der Waals surface area (Å²) in [5.74, 6) is 2.41. The minimum absolute atomic E-state index is 0.0733. The molecule has 20 heavy (non-hydrogen) atoms. The Morgan fingerprint density at radius 2 is 1.90 bits per heavy atom. The van der Waals surface area contributed by atoms with Crippen molar-refractivity contribution < 1.29 is 4.74 Å². The van der Waals surface area contributed by atoms with Gasteiger partial charge in [-0.15, -0.1) is 0 Å². The molecule has 1 aliphatic carbocycles. The maximum atomic E-state index is 5.58. The third kappa shape index (κ3) is 4.09. The van der Waals surface area contributed by atoms with E-state index in [1.165, 1.54) is 32.1 Å². The van der Waals surface area contributed by atoms with Crippen LogP contribution >= 0.6 is 0 Å². The van der Waals surface area contributed by atoms with Crippen LogP contribution in [0.3, 0.4) is 0 Å². The van der Waals surface area contributed by atoms with Crippen molar-refractivity contribution in [2.24, 2.45) is 0 Å². The van der Waals surface area contributed by atoms with Gasteiger partial charge in [-0.3, -0.25) is 0 Å². The van der Waals surface area contributed by atoms with Crippen molar-refractivity contribution in [3.05, 3.63) is 11.9 Å². The van der Waals surface area contributed by atoms with Crippen molar-refractivity contribution in [2.45, 2.75) is 71.3 Å². The number of ether oxygens (including phenoxy) is 1. The molecular weight excluding hydrogens is 250 g/mol. The summed E-state index contributed by atoms with van der Waals surface area (Å²) < 4.78 is 5.58. The van der Waals surface area contributed by atoms with E-state index in [4.69, 9.17) is 4.74 Å². The zero-order chi connectivity index (χ0) is 14.6. The van der Waals surface area contributed by atoms with E-state index in [0.717, 1.165) is 11.6 Å².